The Morgan fingerprint density at radius 3 is 2.62 bits per heavy atom. The number of phenols is 1. The first-order chi connectivity index (χ1) is 12.6. The molecule has 26 heavy (non-hydrogen) atoms. The molecule has 0 bridgehead atoms. The van der Waals surface area contributed by atoms with Gasteiger partial charge in [-0.15, -0.1) is 0 Å². The quantitative estimate of drug-likeness (QED) is 0.658. The van der Waals surface area contributed by atoms with Crippen molar-refractivity contribution < 1.29 is 14.3 Å². The van der Waals surface area contributed by atoms with Crippen molar-refractivity contribution in [1.29, 1.82) is 0 Å². The second-order valence-electron chi connectivity index (χ2n) is 6.32. The molecular formula is C21H23NO4. The van der Waals surface area contributed by atoms with Crippen molar-refractivity contribution in [2.75, 3.05) is 20.2 Å². The molecule has 1 heterocycles. The van der Waals surface area contributed by atoms with Crippen LogP contribution in [0.5, 0.6) is 11.5 Å². The molecule has 0 spiro atoms. The summed E-state index contributed by atoms with van der Waals surface area (Å²) in [6.07, 6.45) is 0.709. The van der Waals surface area contributed by atoms with Gasteiger partial charge in [-0.1, -0.05) is 25.1 Å². The normalized spacial score (nSPS) is 11.2. The van der Waals surface area contributed by atoms with E-state index in [1.807, 2.05) is 50.4 Å². The molecule has 0 amide bonds. The molecular weight excluding hydrogens is 330 g/mol. The van der Waals surface area contributed by atoms with Gasteiger partial charge in [-0.25, -0.2) is 4.79 Å². The summed E-state index contributed by atoms with van der Waals surface area (Å²) < 4.78 is 11.0. The van der Waals surface area contributed by atoms with Gasteiger partial charge in [0.25, 0.3) is 0 Å². The molecule has 1 aromatic heterocycles. The average molecular weight is 353 g/mol. The summed E-state index contributed by atoms with van der Waals surface area (Å²) in [5.41, 5.74) is 1.72. The first-order valence-electron chi connectivity index (χ1n) is 8.72. The van der Waals surface area contributed by atoms with Gasteiger partial charge in [-0.2, -0.15) is 0 Å². The smallest absolute Gasteiger partial charge is 0.336 e. The zero-order chi connectivity index (χ0) is 18.5. The molecule has 0 aliphatic carbocycles. The van der Waals surface area contributed by atoms with Crippen molar-refractivity contribution >= 4 is 11.0 Å². The molecule has 0 aliphatic rings. The molecule has 5 heteroatoms. The lowest BCUT2D eigenvalue weighted by Gasteiger charge is -2.18. The number of phenolic OH excluding ortho intramolecular Hbond substituents is 1. The monoisotopic (exact) mass is 353 g/mol. The first-order valence-corrected chi connectivity index (χ1v) is 8.72. The van der Waals surface area contributed by atoms with Crippen LogP contribution in [-0.4, -0.2) is 30.2 Å². The van der Waals surface area contributed by atoms with Gasteiger partial charge in [0.1, 0.15) is 23.7 Å². The van der Waals surface area contributed by atoms with E-state index in [2.05, 4.69) is 4.90 Å². The summed E-state index contributed by atoms with van der Waals surface area (Å²) in [4.78, 5) is 14.0. The van der Waals surface area contributed by atoms with Crippen molar-refractivity contribution in [2.24, 2.45) is 0 Å². The highest BCUT2D eigenvalue weighted by Gasteiger charge is 2.11. The lowest BCUT2D eigenvalue weighted by atomic mass is 10.0. The van der Waals surface area contributed by atoms with Gasteiger partial charge >= 0.3 is 5.63 Å². The Balaban J connectivity index is 1.73. The SMILES string of the molecule is CCc1cc2c(CN(C)CCOc3ccccc3)cc(=O)oc2cc1O. The van der Waals surface area contributed by atoms with Gasteiger partial charge in [-0.3, -0.25) is 4.90 Å². The minimum Gasteiger partial charge on any atom is -0.508 e. The summed E-state index contributed by atoms with van der Waals surface area (Å²) in [5.74, 6) is 1.000. The molecule has 0 saturated carbocycles. The van der Waals surface area contributed by atoms with Crippen molar-refractivity contribution in [3.63, 3.8) is 0 Å². The molecule has 5 nitrogen and oxygen atoms in total. The molecule has 0 fully saturated rings. The molecule has 0 unspecified atom stereocenters. The highest BCUT2D eigenvalue weighted by atomic mass is 16.5. The van der Waals surface area contributed by atoms with Crippen LogP contribution in [0.4, 0.5) is 0 Å². The fourth-order valence-corrected chi connectivity index (χ4v) is 2.93. The van der Waals surface area contributed by atoms with E-state index in [4.69, 9.17) is 9.15 Å². The minimum absolute atomic E-state index is 0.157. The van der Waals surface area contributed by atoms with E-state index in [-0.39, 0.29) is 5.75 Å². The Labute approximate surface area is 152 Å². The topological polar surface area (TPSA) is 62.9 Å². The number of para-hydroxylation sites is 1. The van der Waals surface area contributed by atoms with Crippen LogP contribution in [-0.2, 0) is 13.0 Å². The summed E-state index contributed by atoms with van der Waals surface area (Å²) in [6, 6.07) is 14.6. The highest BCUT2D eigenvalue weighted by molar-refractivity contribution is 5.82. The van der Waals surface area contributed by atoms with E-state index >= 15 is 0 Å². The number of nitrogens with zero attached hydrogens (tertiary/aromatic N) is 1. The Morgan fingerprint density at radius 1 is 1.12 bits per heavy atom. The third-order valence-electron chi connectivity index (χ3n) is 4.34. The Hall–Kier alpha value is -2.79. The van der Waals surface area contributed by atoms with E-state index < -0.39 is 5.63 Å². The van der Waals surface area contributed by atoms with Gasteiger partial charge in [0, 0.05) is 30.6 Å². The van der Waals surface area contributed by atoms with Crippen LogP contribution < -0.4 is 10.4 Å². The Kier molecular flexibility index (Phi) is 5.58. The Morgan fingerprint density at radius 2 is 1.88 bits per heavy atom. The molecule has 136 valence electrons. The van der Waals surface area contributed by atoms with E-state index in [9.17, 15) is 9.90 Å². The summed E-state index contributed by atoms with van der Waals surface area (Å²) in [5, 5.41) is 10.9. The number of ether oxygens (including phenoxy) is 1. The molecule has 0 saturated heterocycles. The number of hydrogen-bond donors (Lipinski definition) is 1. The zero-order valence-corrected chi connectivity index (χ0v) is 15.1. The van der Waals surface area contributed by atoms with Crippen molar-refractivity contribution in [3.8, 4) is 11.5 Å². The summed E-state index contributed by atoms with van der Waals surface area (Å²) >= 11 is 0. The van der Waals surface area contributed by atoms with Gasteiger partial charge in [0.15, 0.2) is 0 Å². The lowest BCUT2D eigenvalue weighted by Crippen LogP contribution is -2.24. The number of aromatic hydroxyl groups is 1. The van der Waals surface area contributed by atoms with Crippen LogP contribution >= 0.6 is 0 Å². The van der Waals surface area contributed by atoms with E-state index in [0.29, 0.717) is 25.2 Å². The van der Waals surface area contributed by atoms with E-state index in [0.717, 1.165) is 28.8 Å². The van der Waals surface area contributed by atoms with Gasteiger partial charge in [-0.05, 0) is 42.8 Å². The standard InChI is InChI=1S/C21H23NO4/c1-3-15-11-18-16(12-21(24)26-20(18)13-19(15)23)14-22(2)9-10-25-17-7-5-4-6-8-17/h4-8,11-13,23H,3,9-10,14H2,1-2H3. The van der Waals surface area contributed by atoms with Crippen LogP contribution in [0.25, 0.3) is 11.0 Å². The number of benzene rings is 2. The number of likely N-dealkylation sites (N-methyl/N-ethyl adjacent to an activating group) is 1. The maximum Gasteiger partial charge on any atom is 0.336 e. The summed E-state index contributed by atoms with van der Waals surface area (Å²) in [6.45, 7) is 3.84. The fourth-order valence-electron chi connectivity index (χ4n) is 2.93. The van der Waals surface area contributed by atoms with Crippen molar-refractivity contribution in [2.45, 2.75) is 19.9 Å². The highest BCUT2D eigenvalue weighted by Crippen LogP contribution is 2.27. The molecule has 2 aromatic carbocycles. The third kappa shape index (κ3) is 4.24. The first kappa shape index (κ1) is 18.0. The third-order valence-corrected chi connectivity index (χ3v) is 4.34. The van der Waals surface area contributed by atoms with Crippen LogP contribution in [0.1, 0.15) is 18.1 Å². The fraction of sp³-hybridized carbons (Fsp3) is 0.286. The van der Waals surface area contributed by atoms with E-state index in [1.54, 1.807) is 0 Å². The number of rotatable bonds is 7. The lowest BCUT2D eigenvalue weighted by molar-refractivity contribution is 0.233. The minimum atomic E-state index is -0.412. The number of fused-ring (bicyclic) bond motifs is 1. The Bertz CT molecular complexity index is 934. The maximum absolute atomic E-state index is 11.9. The van der Waals surface area contributed by atoms with Crippen molar-refractivity contribution in [1.82, 2.24) is 4.90 Å². The van der Waals surface area contributed by atoms with Gasteiger partial charge in [0.05, 0.1) is 0 Å². The van der Waals surface area contributed by atoms with E-state index in [1.165, 1.54) is 12.1 Å². The van der Waals surface area contributed by atoms with Crippen LogP contribution in [0.2, 0.25) is 0 Å². The van der Waals surface area contributed by atoms with Crippen LogP contribution in [0.15, 0.2) is 57.7 Å². The molecule has 3 aromatic rings. The average Bonchev–Trinajstić information content (AvgIpc) is 2.62. The van der Waals surface area contributed by atoms with Crippen LogP contribution in [0, 0.1) is 0 Å². The summed E-state index contributed by atoms with van der Waals surface area (Å²) in [7, 11) is 1.98. The molecule has 0 radical (unpaired) electrons. The predicted octanol–water partition coefficient (Wildman–Crippen LogP) is 3.57. The van der Waals surface area contributed by atoms with Crippen molar-refractivity contribution in [3.05, 3.63) is 70.1 Å². The molecule has 1 N–H and O–H groups in total. The molecule has 3 rings (SSSR count). The largest absolute Gasteiger partial charge is 0.508 e. The van der Waals surface area contributed by atoms with Gasteiger partial charge < -0.3 is 14.3 Å². The molecule has 0 atom stereocenters. The second-order valence-corrected chi connectivity index (χ2v) is 6.32. The number of aryl methyl sites for hydroxylation is 1. The van der Waals surface area contributed by atoms with Crippen LogP contribution in [0.3, 0.4) is 0 Å². The maximum atomic E-state index is 11.9. The predicted molar refractivity (Wildman–Crippen MR) is 102 cm³/mol. The van der Waals surface area contributed by atoms with Gasteiger partial charge in [0.2, 0.25) is 0 Å². The second kappa shape index (κ2) is 8.06. The number of hydrogen-bond acceptors (Lipinski definition) is 5. The zero-order valence-electron chi connectivity index (χ0n) is 15.1. The molecule has 0 aliphatic heterocycles.